The summed E-state index contributed by atoms with van der Waals surface area (Å²) in [6.45, 7) is 1.65. The van der Waals surface area contributed by atoms with Crippen molar-refractivity contribution in [2.75, 3.05) is 24.3 Å². The second-order valence-electron chi connectivity index (χ2n) is 8.16. The van der Waals surface area contributed by atoms with Crippen LogP contribution in [-0.4, -0.2) is 41.4 Å². The molecule has 0 radical (unpaired) electrons. The maximum absolute atomic E-state index is 13.7. The van der Waals surface area contributed by atoms with E-state index >= 15 is 0 Å². The summed E-state index contributed by atoms with van der Waals surface area (Å²) in [6.07, 6.45) is 4.64. The summed E-state index contributed by atoms with van der Waals surface area (Å²) in [6, 6.07) is 20.6. The van der Waals surface area contributed by atoms with Crippen molar-refractivity contribution in [1.82, 2.24) is 4.98 Å². The van der Waals surface area contributed by atoms with E-state index in [4.69, 9.17) is 9.47 Å². The standard InChI is InChI=1S/C28H30N2O5S/c1-21(31)36-20-24(9-8-22-6-4-3-5-7-22)28(33)30(18-27(32)34-2)25-10-12-26(13-11-25)35-19-23-14-16-29-17-15-23/h3-7,10-17,24H,8-9,18-20H2,1-2H3. The van der Waals surface area contributed by atoms with Gasteiger partial charge in [-0.05, 0) is 60.4 Å². The second kappa shape index (κ2) is 14.0. The Morgan fingerprint density at radius 1 is 0.944 bits per heavy atom. The van der Waals surface area contributed by atoms with Crippen molar-refractivity contribution in [3.8, 4) is 5.75 Å². The van der Waals surface area contributed by atoms with Crippen LogP contribution in [0.1, 0.15) is 24.5 Å². The zero-order valence-electron chi connectivity index (χ0n) is 20.5. The summed E-state index contributed by atoms with van der Waals surface area (Å²) >= 11 is 1.12. The number of thioether (sulfide) groups is 1. The Kier molecular flexibility index (Phi) is 10.5. The predicted molar refractivity (Wildman–Crippen MR) is 141 cm³/mol. The van der Waals surface area contributed by atoms with Gasteiger partial charge in [-0.3, -0.25) is 19.4 Å². The average Bonchev–Trinajstić information content (AvgIpc) is 2.91. The highest BCUT2D eigenvalue weighted by molar-refractivity contribution is 8.13. The minimum absolute atomic E-state index is 0.0530. The first-order valence-electron chi connectivity index (χ1n) is 11.6. The summed E-state index contributed by atoms with van der Waals surface area (Å²) in [5, 5.41) is -0.0530. The van der Waals surface area contributed by atoms with E-state index in [1.807, 2.05) is 42.5 Å². The van der Waals surface area contributed by atoms with Gasteiger partial charge in [0.25, 0.3) is 0 Å². The molecule has 1 unspecified atom stereocenters. The minimum Gasteiger partial charge on any atom is -0.489 e. The molecule has 3 rings (SSSR count). The third kappa shape index (κ3) is 8.53. The van der Waals surface area contributed by atoms with Gasteiger partial charge in [0.05, 0.1) is 7.11 Å². The number of esters is 1. The molecule has 0 bridgehead atoms. The van der Waals surface area contributed by atoms with Gasteiger partial charge in [-0.15, -0.1) is 0 Å². The monoisotopic (exact) mass is 506 g/mol. The van der Waals surface area contributed by atoms with Gasteiger partial charge in [0.1, 0.15) is 18.9 Å². The highest BCUT2D eigenvalue weighted by Gasteiger charge is 2.28. The highest BCUT2D eigenvalue weighted by atomic mass is 32.2. The van der Waals surface area contributed by atoms with Crippen LogP contribution < -0.4 is 9.64 Å². The predicted octanol–water partition coefficient (Wildman–Crippen LogP) is 4.70. The second-order valence-corrected chi connectivity index (χ2v) is 9.36. The quantitative estimate of drug-likeness (QED) is 0.329. The summed E-state index contributed by atoms with van der Waals surface area (Å²) in [5.41, 5.74) is 2.65. The number of nitrogens with zero attached hydrogens (tertiary/aromatic N) is 2. The molecule has 1 atom stereocenters. The first-order chi connectivity index (χ1) is 17.5. The number of rotatable bonds is 12. The van der Waals surface area contributed by atoms with Crippen LogP contribution >= 0.6 is 11.8 Å². The number of carbonyl (C=O) groups is 3. The van der Waals surface area contributed by atoms with E-state index in [0.29, 0.717) is 36.6 Å². The van der Waals surface area contributed by atoms with Gasteiger partial charge in [-0.1, -0.05) is 42.1 Å². The number of aryl methyl sites for hydroxylation is 1. The molecule has 1 heterocycles. The summed E-state index contributed by atoms with van der Waals surface area (Å²) in [5.74, 6) is -0.232. The molecule has 0 saturated carbocycles. The molecule has 36 heavy (non-hydrogen) atoms. The van der Waals surface area contributed by atoms with E-state index < -0.39 is 11.9 Å². The van der Waals surface area contributed by atoms with Crippen molar-refractivity contribution in [3.63, 3.8) is 0 Å². The lowest BCUT2D eigenvalue weighted by Crippen LogP contribution is -2.41. The fourth-order valence-electron chi connectivity index (χ4n) is 3.56. The molecule has 8 heteroatoms. The topological polar surface area (TPSA) is 85.8 Å². The minimum atomic E-state index is -0.526. The maximum Gasteiger partial charge on any atom is 0.325 e. The number of amides is 1. The average molecular weight is 507 g/mol. The van der Waals surface area contributed by atoms with Gasteiger partial charge in [0, 0.05) is 36.7 Å². The third-order valence-corrected chi connectivity index (χ3v) is 6.52. The Bertz CT molecular complexity index is 1120. The van der Waals surface area contributed by atoms with Crippen LogP contribution in [0.25, 0.3) is 0 Å². The van der Waals surface area contributed by atoms with Crippen LogP contribution in [-0.2, 0) is 32.1 Å². The van der Waals surface area contributed by atoms with Gasteiger partial charge >= 0.3 is 5.97 Å². The zero-order valence-corrected chi connectivity index (χ0v) is 21.3. The lowest BCUT2D eigenvalue weighted by Gasteiger charge is -2.27. The van der Waals surface area contributed by atoms with E-state index in [9.17, 15) is 14.4 Å². The smallest absolute Gasteiger partial charge is 0.325 e. The van der Waals surface area contributed by atoms with Gasteiger partial charge < -0.3 is 14.4 Å². The fourth-order valence-corrected chi connectivity index (χ4v) is 4.31. The molecule has 0 saturated heterocycles. The molecule has 1 aromatic heterocycles. The number of methoxy groups -OCH3 is 1. The maximum atomic E-state index is 13.7. The Balaban J connectivity index is 1.76. The fraction of sp³-hybridized carbons (Fsp3) is 0.286. The Hall–Kier alpha value is -3.65. The van der Waals surface area contributed by atoms with Crippen molar-refractivity contribution in [1.29, 1.82) is 0 Å². The van der Waals surface area contributed by atoms with Crippen molar-refractivity contribution >= 4 is 34.4 Å². The van der Waals surface area contributed by atoms with Gasteiger partial charge in [0.15, 0.2) is 5.12 Å². The van der Waals surface area contributed by atoms with Crippen LogP contribution in [0.5, 0.6) is 5.75 Å². The SMILES string of the molecule is COC(=O)CN(C(=O)C(CCc1ccccc1)CSC(C)=O)c1ccc(OCc2ccncc2)cc1. The molecule has 0 fully saturated rings. The van der Waals surface area contributed by atoms with Crippen LogP contribution in [0.2, 0.25) is 0 Å². The highest BCUT2D eigenvalue weighted by Crippen LogP contribution is 2.25. The van der Waals surface area contributed by atoms with Gasteiger partial charge in [-0.2, -0.15) is 0 Å². The number of carbonyl (C=O) groups excluding carboxylic acids is 3. The summed E-state index contributed by atoms with van der Waals surface area (Å²) < 4.78 is 10.7. The van der Waals surface area contributed by atoms with Crippen molar-refractivity contribution in [2.24, 2.45) is 5.92 Å². The van der Waals surface area contributed by atoms with Gasteiger partial charge in [-0.25, -0.2) is 0 Å². The van der Waals surface area contributed by atoms with E-state index in [1.54, 1.807) is 36.7 Å². The molecule has 0 N–H and O–H groups in total. The van der Waals surface area contributed by atoms with E-state index in [1.165, 1.54) is 18.9 Å². The number of aromatic nitrogens is 1. The Morgan fingerprint density at radius 3 is 2.28 bits per heavy atom. The van der Waals surface area contributed by atoms with Gasteiger partial charge in [0.2, 0.25) is 5.91 Å². The van der Waals surface area contributed by atoms with Crippen molar-refractivity contribution in [3.05, 3.63) is 90.3 Å². The molecule has 188 valence electrons. The van der Waals surface area contributed by atoms with Crippen LogP contribution in [0.4, 0.5) is 5.69 Å². The molecular weight excluding hydrogens is 476 g/mol. The first kappa shape index (κ1) is 26.9. The Labute approximate surface area is 215 Å². The molecule has 0 aliphatic heterocycles. The number of anilines is 1. The molecular formula is C28H30N2O5S. The van der Waals surface area contributed by atoms with Crippen LogP contribution in [0.3, 0.4) is 0 Å². The molecule has 7 nitrogen and oxygen atoms in total. The van der Waals surface area contributed by atoms with E-state index in [2.05, 4.69) is 4.98 Å². The number of ether oxygens (including phenoxy) is 2. The van der Waals surface area contributed by atoms with Crippen molar-refractivity contribution < 1.29 is 23.9 Å². The molecule has 1 amide bonds. The lowest BCUT2D eigenvalue weighted by molar-refractivity contribution is -0.140. The lowest BCUT2D eigenvalue weighted by atomic mass is 9.99. The first-order valence-corrected chi connectivity index (χ1v) is 12.6. The summed E-state index contributed by atoms with van der Waals surface area (Å²) in [7, 11) is 1.29. The molecule has 0 spiro atoms. The number of benzene rings is 2. The van der Waals surface area contributed by atoms with Crippen LogP contribution in [0.15, 0.2) is 79.1 Å². The normalized spacial score (nSPS) is 11.4. The molecule has 2 aromatic carbocycles. The van der Waals surface area contributed by atoms with Crippen LogP contribution in [0, 0.1) is 5.92 Å². The molecule has 0 aliphatic carbocycles. The van der Waals surface area contributed by atoms with E-state index in [0.717, 1.165) is 22.9 Å². The largest absolute Gasteiger partial charge is 0.489 e. The summed E-state index contributed by atoms with van der Waals surface area (Å²) in [4.78, 5) is 42.9. The zero-order chi connectivity index (χ0) is 25.8. The van der Waals surface area contributed by atoms with Crippen molar-refractivity contribution in [2.45, 2.75) is 26.4 Å². The number of hydrogen-bond donors (Lipinski definition) is 0. The molecule has 3 aromatic rings. The van der Waals surface area contributed by atoms with E-state index in [-0.39, 0.29) is 17.6 Å². The number of pyridine rings is 1. The number of hydrogen-bond acceptors (Lipinski definition) is 7. The third-order valence-electron chi connectivity index (χ3n) is 5.55. The Morgan fingerprint density at radius 2 is 1.64 bits per heavy atom. The molecule has 0 aliphatic rings.